The second-order valence-corrected chi connectivity index (χ2v) is 13.7. The number of rotatable bonds is 8. The van der Waals surface area contributed by atoms with E-state index >= 15 is 0 Å². The Bertz CT molecular complexity index is 830. The molecule has 0 bridgehead atoms. The first-order valence-electron chi connectivity index (χ1n) is 14.6. The van der Waals surface area contributed by atoms with Crippen molar-refractivity contribution in [3.8, 4) is 0 Å². The Labute approximate surface area is 213 Å². The zero-order chi connectivity index (χ0) is 25.5. The summed E-state index contributed by atoms with van der Waals surface area (Å²) >= 11 is 0. The monoisotopic (exact) mass is 486 g/mol. The van der Waals surface area contributed by atoms with Crippen molar-refractivity contribution in [2.24, 2.45) is 52.3 Å². The van der Waals surface area contributed by atoms with Crippen LogP contribution in [0.15, 0.2) is 11.6 Å². The summed E-state index contributed by atoms with van der Waals surface area (Å²) in [5, 5.41) is 9.14. The van der Waals surface area contributed by atoms with Crippen LogP contribution in [0.3, 0.4) is 0 Å². The predicted molar refractivity (Wildman–Crippen MR) is 140 cm³/mol. The van der Waals surface area contributed by atoms with Gasteiger partial charge in [0.2, 0.25) is 0 Å². The highest BCUT2D eigenvalue weighted by Gasteiger charge is 2.59. The predicted octanol–water partition coefficient (Wildman–Crippen LogP) is 7.66. The van der Waals surface area contributed by atoms with Gasteiger partial charge in [0.15, 0.2) is 5.92 Å². The van der Waals surface area contributed by atoms with E-state index in [2.05, 4.69) is 40.7 Å². The molecule has 0 radical (unpaired) electrons. The lowest BCUT2D eigenvalue weighted by atomic mass is 9.47. The van der Waals surface area contributed by atoms with E-state index in [-0.39, 0.29) is 11.5 Å². The summed E-state index contributed by atoms with van der Waals surface area (Å²) in [5.41, 5.74) is 2.19. The Morgan fingerprint density at radius 1 is 1.03 bits per heavy atom. The van der Waals surface area contributed by atoms with E-state index < -0.39 is 17.9 Å². The van der Waals surface area contributed by atoms with E-state index in [4.69, 9.17) is 9.84 Å². The van der Waals surface area contributed by atoms with Crippen LogP contribution < -0.4 is 0 Å². The molecule has 1 N–H and O–H groups in total. The summed E-state index contributed by atoms with van der Waals surface area (Å²) in [4.78, 5) is 23.4. The minimum Gasteiger partial charge on any atom is -0.481 e. The van der Waals surface area contributed by atoms with Crippen LogP contribution in [-0.2, 0) is 14.3 Å². The van der Waals surface area contributed by atoms with E-state index in [9.17, 15) is 9.59 Å². The molecule has 0 aromatic heterocycles. The number of esters is 1. The van der Waals surface area contributed by atoms with Crippen molar-refractivity contribution in [3.63, 3.8) is 0 Å². The molecule has 35 heavy (non-hydrogen) atoms. The summed E-state index contributed by atoms with van der Waals surface area (Å²) in [5.74, 6) is 2.12. The SMILES string of the molecule is CC(C)CCCC(C)[C@H]1CC[C@H]2[C@@H]3CC=C4C[C@@H](OC(=O)C(C)C(=O)O)CC[C@]4(C)[C@H]3CC[C@]12C. The maximum atomic E-state index is 12.2. The third-order valence-corrected chi connectivity index (χ3v) is 11.3. The number of allylic oxidation sites excluding steroid dienone is 1. The number of ether oxygens (including phenoxy) is 1. The van der Waals surface area contributed by atoms with E-state index in [1.165, 1.54) is 63.9 Å². The molecule has 3 saturated carbocycles. The molecule has 0 spiro atoms. The van der Waals surface area contributed by atoms with Crippen LogP contribution in [0.2, 0.25) is 0 Å². The van der Waals surface area contributed by atoms with Crippen LogP contribution >= 0.6 is 0 Å². The molecule has 0 aromatic carbocycles. The van der Waals surface area contributed by atoms with Crippen LogP contribution in [0.4, 0.5) is 0 Å². The van der Waals surface area contributed by atoms with Gasteiger partial charge in [-0.1, -0.05) is 65.5 Å². The molecule has 0 aliphatic heterocycles. The first kappa shape index (κ1) is 26.7. The number of carboxylic acid groups (broad SMARTS) is 1. The van der Waals surface area contributed by atoms with Crippen molar-refractivity contribution in [3.05, 3.63) is 11.6 Å². The van der Waals surface area contributed by atoms with Gasteiger partial charge in [0.1, 0.15) is 6.10 Å². The van der Waals surface area contributed by atoms with Gasteiger partial charge in [-0.05, 0) is 98.2 Å². The normalized spacial score (nSPS) is 40.2. The molecule has 9 atom stereocenters. The summed E-state index contributed by atoms with van der Waals surface area (Å²) in [6, 6.07) is 0. The molecule has 4 aliphatic rings. The van der Waals surface area contributed by atoms with Gasteiger partial charge < -0.3 is 9.84 Å². The molecule has 198 valence electrons. The van der Waals surface area contributed by atoms with Crippen molar-refractivity contribution < 1.29 is 19.4 Å². The average Bonchev–Trinajstić information content (AvgIpc) is 3.15. The Morgan fingerprint density at radius 2 is 1.77 bits per heavy atom. The molecular weight excluding hydrogens is 436 g/mol. The maximum absolute atomic E-state index is 12.2. The minimum atomic E-state index is -1.11. The summed E-state index contributed by atoms with van der Waals surface area (Å²) in [7, 11) is 0. The van der Waals surface area contributed by atoms with Crippen LogP contribution in [-0.4, -0.2) is 23.1 Å². The number of carbonyl (C=O) groups is 2. The third kappa shape index (κ3) is 4.97. The average molecular weight is 487 g/mol. The van der Waals surface area contributed by atoms with Crippen LogP contribution in [0.5, 0.6) is 0 Å². The number of carboxylic acids is 1. The molecule has 4 aliphatic carbocycles. The van der Waals surface area contributed by atoms with Crippen molar-refractivity contribution in [1.29, 1.82) is 0 Å². The van der Waals surface area contributed by atoms with Gasteiger partial charge in [-0.3, -0.25) is 9.59 Å². The first-order chi connectivity index (χ1) is 16.5. The quantitative estimate of drug-likeness (QED) is 0.217. The summed E-state index contributed by atoms with van der Waals surface area (Å²) in [6.45, 7) is 13.8. The van der Waals surface area contributed by atoms with Gasteiger partial charge in [-0.25, -0.2) is 0 Å². The molecule has 0 amide bonds. The van der Waals surface area contributed by atoms with E-state index in [1.54, 1.807) is 0 Å². The molecule has 4 rings (SSSR count). The van der Waals surface area contributed by atoms with Gasteiger partial charge in [0.05, 0.1) is 0 Å². The lowest BCUT2D eigenvalue weighted by Crippen LogP contribution is -2.51. The molecule has 0 heterocycles. The van der Waals surface area contributed by atoms with Crippen LogP contribution in [0.1, 0.15) is 112 Å². The van der Waals surface area contributed by atoms with E-state index in [0.717, 1.165) is 54.8 Å². The second kappa shape index (κ2) is 10.2. The van der Waals surface area contributed by atoms with E-state index in [1.807, 2.05) is 0 Å². The number of hydrogen-bond donors (Lipinski definition) is 1. The number of aliphatic carboxylic acids is 1. The minimum absolute atomic E-state index is 0.170. The summed E-state index contributed by atoms with van der Waals surface area (Å²) in [6.07, 6.45) is 15.9. The molecule has 0 aromatic rings. The Kier molecular flexibility index (Phi) is 7.80. The van der Waals surface area contributed by atoms with Crippen LogP contribution in [0.25, 0.3) is 0 Å². The molecule has 3 fully saturated rings. The smallest absolute Gasteiger partial charge is 0.320 e. The van der Waals surface area contributed by atoms with Gasteiger partial charge in [0.25, 0.3) is 0 Å². The highest BCUT2D eigenvalue weighted by atomic mass is 16.5. The lowest BCUT2D eigenvalue weighted by molar-refractivity contribution is -0.163. The maximum Gasteiger partial charge on any atom is 0.320 e. The molecule has 2 unspecified atom stereocenters. The molecule has 4 nitrogen and oxygen atoms in total. The Hall–Kier alpha value is -1.32. The Balaban J connectivity index is 1.43. The fourth-order valence-corrected chi connectivity index (χ4v) is 9.12. The highest BCUT2D eigenvalue weighted by molar-refractivity contribution is 5.93. The second-order valence-electron chi connectivity index (χ2n) is 13.7. The largest absolute Gasteiger partial charge is 0.481 e. The first-order valence-corrected chi connectivity index (χ1v) is 14.6. The van der Waals surface area contributed by atoms with Gasteiger partial charge in [-0.15, -0.1) is 0 Å². The van der Waals surface area contributed by atoms with Gasteiger partial charge in [-0.2, -0.15) is 0 Å². The topological polar surface area (TPSA) is 63.6 Å². The molecular formula is C31H50O4. The van der Waals surface area contributed by atoms with Gasteiger partial charge >= 0.3 is 11.9 Å². The van der Waals surface area contributed by atoms with Gasteiger partial charge in [0, 0.05) is 6.42 Å². The standard InChI is InChI=1S/C31H50O4/c1-19(2)8-7-9-20(3)25-12-13-26-24-11-10-22-18-23(35-29(34)21(4)28(32)33)14-16-30(22,5)27(24)15-17-31(25,26)6/h10,19-21,23-27H,7-9,11-18H2,1-6H3,(H,32,33)/t20?,21?,23-,24-,25+,26-,27-,30-,31+/m0/s1. The molecule has 0 saturated heterocycles. The van der Waals surface area contributed by atoms with Crippen molar-refractivity contribution >= 4 is 11.9 Å². The lowest BCUT2D eigenvalue weighted by Gasteiger charge is -2.58. The number of fused-ring (bicyclic) bond motifs is 5. The van der Waals surface area contributed by atoms with Crippen molar-refractivity contribution in [2.75, 3.05) is 0 Å². The zero-order valence-electron chi connectivity index (χ0n) is 23.1. The number of carbonyl (C=O) groups excluding carboxylic acids is 1. The van der Waals surface area contributed by atoms with Crippen molar-refractivity contribution in [2.45, 2.75) is 118 Å². The number of hydrogen-bond acceptors (Lipinski definition) is 3. The van der Waals surface area contributed by atoms with E-state index in [0.29, 0.717) is 5.41 Å². The van der Waals surface area contributed by atoms with Crippen molar-refractivity contribution in [1.82, 2.24) is 0 Å². The fourth-order valence-electron chi connectivity index (χ4n) is 9.12. The van der Waals surface area contributed by atoms with Crippen LogP contribution in [0, 0.1) is 52.3 Å². The highest BCUT2D eigenvalue weighted by Crippen LogP contribution is 2.67. The zero-order valence-corrected chi connectivity index (χ0v) is 23.1. The summed E-state index contributed by atoms with van der Waals surface area (Å²) < 4.78 is 5.66. The third-order valence-electron chi connectivity index (χ3n) is 11.3. The Morgan fingerprint density at radius 3 is 2.46 bits per heavy atom. The fraction of sp³-hybridized carbons (Fsp3) is 0.871. The molecule has 4 heteroatoms.